The van der Waals surface area contributed by atoms with Crippen molar-refractivity contribution < 1.29 is 8.42 Å². The van der Waals surface area contributed by atoms with Crippen LogP contribution in [-0.2, 0) is 10.0 Å². The maximum Gasteiger partial charge on any atom is 0.240 e. The molecule has 110 valence electrons. The van der Waals surface area contributed by atoms with Crippen LogP contribution in [-0.4, -0.2) is 21.0 Å². The second kappa shape index (κ2) is 7.44. The summed E-state index contributed by atoms with van der Waals surface area (Å²) in [4.78, 5) is 0.233. The molecular formula is C15H22N2O2S. The SMILES string of the molecule is CC(C)CC(C)NS(=O)(=O)c1cccc(C#CCN)c1. The van der Waals surface area contributed by atoms with Gasteiger partial charge in [-0.1, -0.05) is 31.8 Å². The van der Waals surface area contributed by atoms with Gasteiger partial charge >= 0.3 is 0 Å². The van der Waals surface area contributed by atoms with E-state index in [1.807, 2.05) is 6.92 Å². The summed E-state index contributed by atoms with van der Waals surface area (Å²) in [7, 11) is -3.50. The Kier molecular flexibility index (Phi) is 6.21. The number of nitrogens with two attached hydrogens (primary N) is 1. The molecule has 0 aliphatic heterocycles. The van der Waals surface area contributed by atoms with E-state index in [0.717, 1.165) is 6.42 Å². The van der Waals surface area contributed by atoms with Crippen LogP contribution in [0, 0.1) is 17.8 Å². The molecule has 0 aromatic heterocycles. The Labute approximate surface area is 121 Å². The number of rotatable bonds is 5. The van der Waals surface area contributed by atoms with E-state index in [-0.39, 0.29) is 17.5 Å². The lowest BCUT2D eigenvalue weighted by Crippen LogP contribution is -2.33. The Morgan fingerprint density at radius 1 is 1.30 bits per heavy atom. The van der Waals surface area contributed by atoms with E-state index in [2.05, 4.69) is 30.4 Å². The predicted octanol–water partition coefficient (Wildman–Crippen LogP) is 1.71. The second-order valence-electron chi connectivity index (χ2n) is 5.19. The monoisotopic (exact) mass is 294 g/mol. The third-order valence-electron chi connectivity index (χ3n) is 2.66. The van der Waals surface area contributed by atoms with E-state index in [1.54, 1.807) is 24.3 Å². The summed E-state index contributed by atoms with van der Waals surface area (Å²) in [6, 6.07) is 6.48. The molecule has 0 aliphatic rings. The summed E-state index contributed by atoms with van der Waals surface area (Å²) in [6.07, 6.45) is 0.798. The fourth-order valence-corrected chi connectivity index (χ4v) is 3.28. The maximum atomic E-state index is 12.3. The van der Waals surface area contributed by atoms with Gasteiger partial charge in [-0.25, -0.2) is 13.1 Å². The fourth-order valence-electron chi connectivity index (χ4n) is 1.98. The molecule has 1 aromatic carbocycles. The van der Waals surface area contributed by atoms with E-state index < -0.39 is 10.0 Å². The molecule has 0 heterocycles. The summed E-state index contributed by atoms with van der Waals surface area (Å²) < 4.78 is 27.2. The normalized spacial score (nSPS) is 12.8. The summed E-state index contributed by atoms with van der Waals surface area (Å²) in [6.45, 7) is 6.25. The third kappa shape index (κ3) is 5.33. The first kappa shape index (κ1) is 16.7. The van der Waals surface area contributed by atoms with E-state index in [9.17, 15) is 8.42 Å². The zero-order valence-corrected chi connectivity index (χ0v) is 13.0. The second-order valence-corrected chi connectivity index (χ2v) is 6.90. The molecule has 0 aliphatic carbocycles. The highest BCUT2D eigenvalue weighted by molar-refractivity contribution is 7.89. The van der Waals surface area contributed by atoms with E-state index in [1.165, 1.54) is 0 Å². The number of hydrogen-bond donors (Lipinski definition) is 2. The van der Waals surface area contributed by atoms with Gasteiger partial charge in [0.2, 0.25) is 10.0 Å². The minimum atomic E-state index is -3.50. The quantitative estimate of drug-likeness (QED) is 0.812. The fraction of sp³-hybridized carbons (Fsp3) is 0.467. The molecule has 0 saturated carbocycles. The Hall–Kier alpha value is -1.35. The minimum absolute atomic E-state index is 0.0983. The molecule has 0 amide bonds. The maximum absolute atomic E-state index is 12.3. The molecule has 5 heteroatoms. The Balaban J connectivity index is 2.92. The first-order chi connectivity index (χ1) is 9.35. The van der Waals surface area contributed by atoms with Crippen molar-refractivity contribution in [1.29, 1.82) is 0 Å². The van der Waals surface area contributed by atoms with Gasteiger partial charge in [0.25, 0.3) is 0 Å². The van der Waals surface area contributed by atoms with Gasteiger partial charge in [0.1, 0.15) is 0 Å². The van der Waals surface area contributed by atoms with Crippen molar-refractivity contribution in [1.82, 2.24) is 4.72 Å². The summed E-state index contributed by atoms with van der Waals surface area (Å²) in [5, 5.41) is 0. The molecule has 20 heavy (non-hydrogen) atoms. The highest BCUT2D eigenvalue weighted by Crippen LogP contribution is 2.13. The van der Waals surface area contributed by atoms with E-state index >= 15 is 0 Å². The molecule has 3 N–H and O–H groups in total. The van der Waals surface area contributed by atoms with Gasteiger partial charge in [-0.2, -0.15) is 0 Å². The number of benzene rings is 1. The molecule has 0 fully saturated rings. The van der Waals surface area contributed by atoms with Crippen LogP contribution in [0.15, 0.2) is 29.2 Å². The van der Waals surface area contributed by atoms with Gasteiger partial charge in [0, 0.05) is 11.6 Å². The molecular weight excluding hydrogens is 272 g/mol. The molecule has 1 aromatic rings. The lowest BCUT2D eigenvalue weighted by Gasteiger charge is -2.16. The van der Waals surface area contributed by atoms with Crippen molar-refractivity contribution in [2.24, 2.45) is 11.7 Å². The van der Waals surface area contributed by atoms with Crippen molar-refractivity contribution in [2.45, 2.75) is 38.1 Å². The van der Waals surface area contributed by atoms with Crippen molar-refractivity contribution in [3.63, 3.8) is 0 Å². The standard InChI is InChI=1S/C15H22N2O2S/c1-12(2)10-13(3)17-20(18,19)15-8-4-6-14(11-15)7-5-9-16/h4,6,8,11-13,17H,9-10,16H2,1-3H3. The Morgan fingerprint density at radius 2 is 2.00 bits per heavy atom. The van der Waals surface area contributed by atoms with Crippen LogP contribution in [0.5, 0.6) is 0 Å². The van der Waals surface area contributed by atoms with Crippen LogP contribution in [0.4, 0.5) is 0 Å². The predicted molar refractivity (Wildman–Crippen MR) is 81.6 cm³/mol. The molecule has 0 spiro atoms. The van der Waals surface area contributed by atoms with Crippen LogP contribution < -0.4 is 10.5 Å². The average Bonchev–Trinajstić information content (AvgIpc) is 2.35. The first-order valence-corrected chi connectivity index (χ1v) is 8.15. The molecule has 0 radical (unpaired) electrons. The summed E-state index contributed by atoms with van der Waals surface area (Å²) in [5.41, 5.74) is 5.96. The molecule has 1 unspecified atom stereocenters. The summed E-state index contributed by atoms with van der Waals surface area (Å²) >= 11 is 0. The van der Waals surface area contributed by atoms with Crippen molar-refractivity contribution in [3.8, 4) is 11.8 Å². The van der Waals surface area contributed by atoms with Crippen LogP contribution in [0.25, 0.3) is 0 Å². The van der Waals surface area contributed by atoms with Crippen LogP contribution in [0.1, 0.15) is 32.8 Å². The number of hydrogen-bond acceptors (Lipinski definition) is 3. The van der Waals surface area contributed by atoms with Crippen molar-refractivity contribution in [3.05, 3.63) is 29.8 Å². The van der Waals surface area contributed by atoms with Crippen LogP contribution in [0.3, 0.4) is 0 Å². The van der Waals surface area contributed by atoms with Crippen molar-refractivity contribution >= 4 is 10.0 Å². The highest BCUT2D eigenvalue weighted by atomic mass is 32.2. The van der Waals surface area contributed by atoms with Crippen molar-refractivity contribution in [2.75, 3.05) is 6.54 Å². The molecule has 0 saturated heterocycles. The Morgan fingerprint density at radius 3 is 2.60 bits per heavy atom. The third-order valence-corrected chi connectivity index (χ3v) is 4.25. The van der Waals surface area contributed by atoms with Crippen LogP contribution >= 0.6 is 0 Å². The lowest BCUT2D eigenvalue weighted by atomic mass is 10.1. The number of sulfonamides is 1. The topological polar surface area (TPSA) is 72.2 Å². The van der Waals surface area contributed by atoms with Gasteiger partial charge in [-0.15, -0.1) is 0 Å². The number of nitrogens with one attached hydrogen (secondary N) is 1. The minimum Gasteiger partial charge on any atom is -0.320 e. The van der Waals surface area contributed by atoms with E-state index in [4.69, 9.17) is 5.73 Å². The lowest BCUT2D eigenvalue weighted by molar-refractivity contribution is 0.482. The van der Waals surface area contributed by atoms with Gasteiger partial charge in [-0.3, -0.25) is 0 Å². The molecule has 1 atom stereocenters. The molecule has 4 nitrogen and oxygen atoms in total. The zero-order valence-electron chi connectivity index (χ0n) is 12.2. The smallest absolute Gasteiger partial charge is 0.240 e. The van der Waals surface area contributed by atoms with Gasteiger partial charge in [0.05, 0.1) is 11.4 Å². The van der Waals surface area contributed by atoms with Gasteiger partial charge in [0.15, 0.2) is 0 Å². The van der Waals surface area contributed by atoms with Gasteiger partial charge in [-0.05, 0) is 37.5 Å². The highest BCUT2D eigenvalue weighted by Gasteiger charge is 2.18. The Bertz CT molecular complexity index is 598. The first-order valence-electron chi connectivity index (χ1n) is 6.66. The summed E-state index contributed by atoms with van der Waals surface area (Å²) in [5.74, 6) is 5.99. The molecule has 1 rings (SSSR count). The van der Waals surface area contributed by atoms with E-state index in [0.29, 0.717) is 11.5 Å². The van der Waals surface area contributed by atoms with Gasteiger partial charge < -0.3 is 5.73 Å². The molecule has 0 bridgehead atoms. The largest absolute Gasteiger partial charge is 0.320 e. The average molecular weight is 294 g/mol. The zero-order chi connectivity index (χ0) is 15.2. The van der Waals surface area contributed by atoms with Crippen LogP contribution in [0.2, 0.25) is 0 Å².